The number of hydrogen-bond acceptors (Lipinski definition) is 7. The Bertz CT molecular complexity index is 1450. The number of aromatic nitrogens is 4. The molecule has 8 heteroatoms. The Morgan fingerprint density at radius 1 is 0.939 bits per heavy atom. The molecule has 6 nitrogen and oxygen atoms in total. The van der Waals surface area contributed by atoms with Gasteiger partial charge in [0.1, 0.15) is 22.4 Å². The van der Waals surface area contributed by atoms with E-state index >= 15 is 0 Å². The second-order valence-electron chi connectivity index (χ2n) is 7.05. The molecule has 0 aliphatic heterocycles. The Kier molecular flexibility index (Phi) is 5.89. The summed E-state index contributed by atoms with van der Waals surface area (Å²) in [6.07, 6.45) is 0. The summed E-state index contributed by atoms with van der Waals surface area (Å²) < 4.78 is 2.92. The van der Waals surface area contributed by atoms with Gasteiger partial charge in [-0.3, -0.25) is 4.57 Å². The molecule has 5 rings (SSSR count). The molecule has 0 amide bonds. The van der Waals surface area contributed by atoms with Gasteiger partial charge in [0.2, 0.25) is 0 Å². The third-order valence-electron chi connectivity index (χ3n) is 4.93. The van der Waals surface area contributed by atoms with Crippen LogP contribution >= 0.6 is 23.1 Å². The van der Waals surface area contributed by atoms with Crippen LogP contribution in [0.3, 0.4) is 0 Å². The van der Waals surface area contributed by atoms with Crippen molar-refractivity contribution in [2.45, 2.75) is 5.16 Å². The minimum absolute atomic E-state index is 0.0366. The smallest absolute Gasteiger partial charge is 0.196 e. The van der Waals surface area contributed by atoms with E-state index in [1.54, 1.807) is 0 Å². The summed E-state index contributed by atoms with van der Waals surface area (Å²) in [5, 5.41) is 30.4. The third-order valence-corrected chi connectivity index (χ3v) is 6.92. The maximum atomic E-state index is 10.8. The van der Waals surface area contributed by atoms with Crippen LogP contribution in [0.2, 0.25) is 0 Å². The maximum absolute atomic E-state index is 10.8. The molecule has 0 saturated heterocycles. The summed E-state index contributed by atoms with van der Waals surface area (Å²) >= 11 is 2.71. The number of aliphatic hydroxyl groups is 1. The molecule has 2 aromatic heterocycles. The molecule has 5 aromatic rings. The highest BCUT2D eigenvalue weighted by atomic mass is 32.2. The Balaban J connectivity index is 1.49. The van der Waals surface area contributed by atoms with Gasteiger partial charge in [0.15, 0.2) is 11.0 Å². The fourth-order valence-corrected chi connectivity index (χ4v) is 5.18. The van der Waals surface area contributed by atoms with Crippen molar-refractivity contribution in [2.75, 3.05) is 5.75 Å². The van der Waals surface area contributed by atoms with E-state index < -0.39 is 0 Å². The van der Waals surface area contributed by atoms with Crippen LogP contribution in [0.5, 0.6) is 0 Å². The first kappa shape index (κ1) is 20.9. The van der Waals surface area contributed by atoms with Gasteiger partial charge in [-0.25, -0.2) is 4.98 Å². The lowest BCUT2D eigenvalue weighted by Gasteiger charge is -2.10. The molecular formula is C25H17N5OS2. The van der Waals surface area contributed by atoms with Crippen molar-refractivity contribution in [3.8, 4) is 23.1 Å². The topological polar surface area (TPSA) is 87.6 Å². The van der Waals surface area contributed by atoms with Gasteiger partial charge >= 0.3 is 0 Å². The fraction of sp³-hybridized carbons (Fsp3) is 0.0400. The van der Waals surface area contributed by atoms with Gasteiger partial charge in [-0.05, 0) is 24.3 Å². The molecule has 0 fully saturated rings. The van der Waals surface area contributed by atoms with Gasteiger partial charge in [-0.1, -0.05) is 72.4 Å². The number of para-hydroxylation sites is 2. The van der Waals surface area contributed by atoms with E-state index in [1.165, 1.54) is 23.1 Å². The number of thiazole rings is 1. The molecule has 0 atom stereocenters. The molecule has 0 spiro atoms. The van der Waals surface area contributed by atoms with Gasteiger partial charge in [-0.2, -0.15) is 5.26 Å². The van der Waals surface area contributed by atoms with E-state index in [2.05, 4.69) is 21.3 Å². The summed E-state index contributed by atoms with van der Waals surface area (Å²) in [6.45, 7) is 0. The molecule has 0 aliphatic rings. The number of aliphatic hydroxyl groups excluding tert-OH is 1. The highest BCUT2D eigenvalue weighted by Gasteiger charge is 2.19. The molecule has 0 saturated carbocycles. The first-order chi connectivity index (χ1) is 16.2. The zero-order valence-electron chi connectivity index (χ0n) is 17.3. The Hall–Kier alpha value is -3.93. The molecule has 0 unspecified atom stereocenters. The van der Waals surface area contributed by atoms with Crippen LogP contribution in [-0.4, -0.2) is 30.6 Å². The first-order valence-electron chi connectivity index (χ1n) is 10.1. The lowest BCUT2D eigenvalue weighted by molar-refractivity contribution is 0.420. The number of allylic oxidation sites excluding steroid dienone is 1. The molecule has 0 radical (unpaired) electrons. The van der Waals surface area contributed by atoms with Crippen LogP contribution in [-0.2, 0) is 0 Å². The normalized spacial score (nSPS) is 11.8. The number of hydrogen-bond donors (Lipinski definition) is 1. The van der Waals surface area contributed by atoms with Gasteiger partial charge in [-0.15, -0.1) is 21.5 Å². The van der Waals surface area contributed by atoms with Gasteiger partial charge in [0, 0.05) is 11.3 Å². The molecular weight excluding hydrogens is 450 g/mol. The predicted molar refractivity (Wildman–Crippen MR) is 132 cm³/mol. The van der Waals surface area contributed by atoms with Crippen LogP contribution in [0.15, 0.2) is 95.8 Å². The second kappa shape index (κ2) is 9.28. The molecule has 33 heavy (non-hydrogen) atoms. The highest BCUT2D eigenvalue weighted by Crippen LogP contribution is 2.32. The number of rotatable bonds is 6. The van der Waals surface area contributed by atoms with Crippen molar-refractivity contribution >= 4 is 38.9 Å². The molecule has 0 bridgehead atoms. The summed E-state index contributed by atoms with van der Waals surface area (Å²) in [6, 6.07) is 29.4. The lowest BCUT2D eigenvalue weighted by atomic mass is 10.2. The second-order valence-corrected chi connectivity index (χ2v) is 9.03. The van der Waals surface area contributed by atoms with Crippen molar-refractivity contribution in [1.82, 2.24) is 19.7 Å². The SMILES string of the molecule is N#CC(=C(O)CSc1nnc(-c2ccccc2)n1-c1ccccc1)c1nc2ccccc2s1. The summed E-state index contributed by atoms with van der Waals surface area (Å²) in [7, 11) is 0. The van der Waals surface area contributed by atoms with Crippen molar-refractivity contribution in [3.63, 3.8) is 0 Å². The Morgan fingerprint density at radius 3 is 2.36 bits per heavy atom. The van der Waals surface area contributed by atoms with Crippen molar-refractivity contribution in [1.29, 1.82) is 5.26 Å². The zero-order valence-corrected chi connectivity index (χ0v) is 18.9. The van der Waals surface area contributed by atoms with E-state index in [1.807, 2.05) is 89.5 Å². The molecule has 3 aromatic carbocycles. The van der Waals surface area contributed by atoms with E-state index in [9.17, 15) is 10.4 Å². The van der Waals surface area contributed by atoms with Crippen molar-refractivity contribution in [3.05, 3.63) is 95.7 Å². The maximum Gasteiger partial charge on any atom is 0.196 e. The van der Waals surface area contributed by atoms with E-state index in [0.29, 0.717) is 16.0 Å². The standard InChI is InChI=1S/C25H17N5OS2/c26-15-19(24-27-20-13-7-8-14-22(20)33-24)21(31)16-32-25-29-28-23(17-9-3-1-4-10-17)30(25)18-11-5-2-6-12-18/h1-14,31H,16H2. The average molecular weight is 468 g/mol. The van der Waals surface area contributed by atoms with Crippen molar-refractivity contribution in [2.24, 2.45) is 0 Å². The van der Waals surface area contributed by atoms with Crippen LogP contribution in [0.25, 0.3) is 32.9 Å². The van der Waals surface area contributed by atoms with Crippen molar-refractivity contribution < 1.29 is 5.11 Å². The fourth-order valence-electron chi connectivity index (χ4n) is 3.37. The number of benzene rings is 3. The highest BCUT2D eigenvalue weighted by molar-refractivity contribution is 7.99. The molecule has 160 valence electrons. The Morgan fingerprint density at radius 2 is 1.64 bits per heavy atom. The number of thioether (sulfide) groups is 1. The minimum atomic E-state index is -0.0366. The summed E-state index contributed by atoms with van der Waals surface area (Å²) in [5.41, 5.74) is 2.84. The Labute approximate surface area is 198 Å². The monoisotopic (exact) mass is 467 g/mol. The third kappa shape index (κ3) is 4.24. The van der Waals surface area contributed by atoms with Gasteiger partial charge in [0.05, 0.1) is 16.0 Å². The average Bonchev–Trinajstić information content (AvgIpc) is 3.48. The number of fused-ring (bicyclic) bond motifs is 1. The van der Waals surface area contributed by atoms with Gasteiger partial charge < -0.3 is 5.11 Å². The van der Waals surface area contributed by atoms with E-state index in [-0.39, 0.29) is 17.1 Å². The number of nitrogens with zero attached hydrogens (tertiary/aromatic N) is 5. The predicted octanol–water partition coefficient (Wildman–Crippen LogP) is 6.13. The molecule has 2 heterocycles. The molecule has 1 N–H and O–H groups in total. The summed E-state index contributed by atoms with van der Waals surface area (Å²) in [4.78, 5) is 4.50. The molecule has 0 aliphatic carbocycles. The summed E-state index contributed by atoms with van der Waals surface area (Å²) in [5.74, 6) is 0.836. The van der Waals surface area contributed by atoms with Gasteiger partial charge in [0.25, 0.3) is 0 Å². The van der Waals surface area contributed by atoms with E-state index in [0.717, 1.165) is 21.5 Å². The first-order valence-corrected chi connectivity index (χ1v) is 11.9. The van der Waals surface area contributed by atoms with Crippen LogP contribution in [0, 0.1) is 11.3 Å². The zero-order chi connectivity index (χ0) is 22.6. The van der Waals surface area contributed by atoms with Crippen LogP contribution in [0.4, 0.5) is 0 Å². The van der Waals surface area contributed by atoms with Crippen LogP contribution < -0.4 is 0 Å². The largest absolute Gasteiger partial charge is 0.510 e. The number of nitriles is 1. The van der Waals surface area contributed by atoms with Crippen LogP contribution in [0.1, 0.15) is 5.01 Å². The minimum Gasteiger partial charge on any atom is -0.510 e. The lowest BCUT2D eigenvalue weighted by Crippen LogP contribution is -2.01. The van der Waals surface area contributed by atoms with E-state index in [4.69, 9.17) is 0 Å². The quantitative estimate of drug-likeness (QED) is 0.184.